The molecule has 0 aromatic heterocycles. The summed E-state index contributed by atoms with van der Waals surface area (Å²) < 4.78 is 23.3. The van der Waals surface area contributed by atoms with Gasteiger partial charge >= 0.3 is 6.09 Å². The highest BCUT2D eigenvalue weighted by Gasteiger charge is 2.81. The number of amides is 2. The number of methoxy groups -OCH3 is 1. The number of hydrogen-bond donors (Lipinski definition) is 4. The number of benzene rings is 1. The van der Waals surface area contributed by atoms with Gasteiger partial charge < -0.3 is 39.8 Å². The average Bonchev–Trinajstić information content (AvgIpc) is 3.80. The van der Waals surface area contributed by atoms with Crippen LogP contribution in [0.2, 0.25) is 0 Å². The van der Waals surface area contributed by atoms with Crippen LogP contribution >= 0.6 is 0 Å². The minimum Gasteiger partial charge on any atom is -0.508 e. The highest BCUT2D eigenvalue weighted by Crippen LogP contribution is 2.62. The smallest absolute Gasteiger partial charge is 0.407 e. The molecule has 10 nitrogen and oxygen atoms in total. The van der Waals surface area contributed by atoms with E-state index < -0.39 is 35.1 Å². The zero-order chi connectivity index (χ0) is 27.6. The molecule has 4 N–H and O–H groups in total. The van der Waals surface area contributed by atoms with Gasteiger partial charge in [-0.3, -0.25) is 4.79 Å². The third kappa shape index (κ3) is 5.68. The Morgan fingerprint density at radius 3 is 2.50 bits per heavy atom. The van der Waals surface area contributed by atoms with E-state index >= 15 is 0 Å². The van der Waals surface area contributed by atoms with Crippen molar-refractivity contribution in [2.75, 3.05) is 26.8 Å². The number of phenols is 1. The SMILES string of the molecule is COC1C(OC(=O)NCCNC(=O)CCc2ccc(O)cc2)CCC2(CO2)C1(O)C1(C)OC1CC=C(C)C. The molecule has 6 unspecified atom stereocenters. The topological polar surface area (TPSA) is 142 Å². The molecule has 38 heavy (non-hydrogen) atoms. The van der Waals surface area contributed by atoms with Gasteiger partial charge in [-0.2, -0.15) is 0 Å². The van der Waals surface area contributed by atoms with Crippen LogP contribution in [0, 0.1) is 0 Å². The molecule has 1 aromatic rings. The van der Waals surface area contributed by atoms with Crippen LogP contribution in [0.5, 0.6) is 5.75 Å². The molecule has 1 spiro atoms. The van der Waals surface area contributed by atoms with E-state index in [1.165, 1.54) is 12.7 Å². The second kappa shape index (κ2) is 11.2. The molecule has 3 fully saturated rings. The molecule has 6 atom stereocenters. The molecule has 210 valence electrons. The molecule has 1 saturated carbocycles. The predicted octanol–water partition coefficient (Wildman–Crippen LogP) is 2.36. The van der Waals surface area contributed by atoms with Crippen molar-refractivity contribution in [1.29, 1.82) is 0 Å². The van der Waals surface area contributed by atoms with Crippen molar-refractivity contribution in [3.63, 3.8) is 0 Å². The van der Waals surface area contributed by atoms with Crippen molar-refractivity contribution in [3.8, 4) is 5.75 Å². The highest BCUT2D eigenvalue weighted by molar-refractivity contribution is 5.76. The maximum atomic E-state index is 12.6. The zero-order valence-electron chi connectivity index (χ0n) is 22.6. The predicted molar refractivity (Wildman–Crippen MR) is 139 cm³/mol. The number of aromatic hydroxyl groups is 1. The normalized spacial score (nSPS) is 33.3. The Morgan fingerprint density at radius 2 is 1.87 bits per heavy atom. The standard InChI is InChI=1S/C28H40N2O8/c1-18(2)5-11-22-26(3,38-22)28(34)24(35-4)21(13-14-27(28)17-36-27)37-25(33)30-16-15-29-23(32)12-8-19-6-9-20(31)10-7-19/h5-7,9-10,21-22,24,31,34H,8,11-17H2,1-4H3,(H,29,32)(H,30,33). The maximum Gasteiger partial charge on any atom is 0.407 e. The van der Waals surface area contributed by atoms with E-state index in [0.29, 0.717) is 38.7 Å². The van der Waals surface area contributed by atoms with Gasteiger partial charge in [-0.1, -0.05) is 23.8 Å². The number of carbonyl (C=O) groups is 2. The van der Waals surface area contributed by atoms with Gasteiger partial charge in [0.1, 0.15) is 29.2 Å². The number of carbonyl (C=O) groups excluding carboxylic acids is 2. The van der Waals surface area contributed by atoms with Gasteiger partial charge in [-0.25, -0.2) is 4.79 Å². The number of nitrogens with one attached hydrogen (secondary N) is 2. The summed E-state index contributed by atoms with van der Waals surface area (Å²) in [5.41, 5.74) is -1.02. The largest absolute Gasteiger partial charge is 0.508 e. The van der Waals surface area contributed by atoms with Crippen LogP contribution in [-0.2, 0) is 30.2 Å². The molecule has 2 heterocycles. The van der Waals surface area contributed by atoms with Crippen LogP contribution in [-0.4, -0.2) is 84.1 Å². The van der Waals surface area contributed by atoms with E-state index in [2.05, 4.69) is 16.7 Å². The lowest BCUT2D eigenvalue weighted by Gasteiger charge is -2.49. The van der Waals surface area contributed by atoms with Crippen molar-refractivity contribution < 1.29 is 38.7 Å². The molecule has 2 aliphatic heterocycles. The second-order valence-electron chi connectivity index (χ2n) is 10.9. The Balaban J connectivity index is 1.26. The molecular weight excluding hydrogens is 492 g/mol. The maximum absolute atomic E-state index is 12.6. The van der Waals surface area contributed by atoms with Crippen molar-refractivity contribution in [1.82, 2.24) is 10.6 Å². The molecule has 10 heteroatoms. The number of epoxide rings is 2. The number of phenolic OH excluding ortho intramolecular Hbond substituents is 1. The van der Waals surface area contributed by atoms with Crippen LogP contribution in [0.1, 0.15) is 52.0 Å². The van der Waals surface area contributed by atoms with E-state index in [-0.39, 0.29) is 30.9 Å². The number of alkyl carbamates (subject to hydrolysis) is 1. The summed E-state index contributed by atoms with van der Waals surface area (Å²) in [4.78, 5) is 24.7. The van der Waals surface area contributed by atoms with Crippen LogP contribution < -0.4 is 10.6 Å². The van der Waals surface area contributed by atoms with Crippen LogP contribution in [0.3, 0.4) is 0 Å². The van der Waals surface area contributed by atoms with Gasteiger partial charge in [0.05, 0.1) is 12.7 Å². The fraction of sp³-hybridized carbons (Fsp3) is 0.643. The zero-order valence-corrected chi connectivity index (χ0v) is 22.6. The number of allylic oxidation sites excluding steroid dienone is 1. The number of ether oxygens (including phenoxy) is 4. The van der Waals surface area contributed by atoms with Crippen molar-refractivity contribution >= 4 is 12.0 Å². The lowest BCUT2D eigenvalue weighted by atomic mass is 9.64. The molecule has 2 amide bonds. The Morgan fingerprint density at radius 1 is 1.18 bits per heavy atom. The fourth-order valence-corrected chi connectivity index (χ4v) is 5.64. The first-order valence-corrected chi connectivity index (χ1v) is 13.2. The third-order valence-corrected chi connectivity index (χ3v) is 8.02. The fourth-order valence-electron chi connectivity index (χ4n) is 5.64. The van der Waals surface area contributed by atoms with Crippen LogP contribution in [0.15, 0.2) is 35.9 Å². The minimum atomic E-state index is -1.48. The molecule has 0 bridgehead atoms. The molecular formula is C28H40N2O8. The molecule has 0 radical (unpaired) electrons. The summed E-state index contributed by atoms with van der Waals surface area (Å²) in [6, 6.07) is 6.72. The molecule has 2 saturated heterocycles. The van der Waals surface area contributed by atoms with E-state index in [0.717, 1.165) is 5.56 Å². The van der Waals surface area contributed by atoms with Crippen LogP contribution in [0.25, 0.3) is 0 Å². The van der Waals surface area contributed by atoms with Crippen molar-refractivity contribution in [3.05, 3.63) is 41.5 Å². The van der Waals surface area contributed by atoms with E-state index in [4.69, 9.17) is 18.9 Å². The highest BCUT2D eigenvalue weighted by atomic mass is 16.7. The number of aliphatic hydroxyl groups is 1. The quantitative estimate of drug-likeness (QED) is 0.193. The Labute approximate surface area is 223 Å². The van der Waals surface area contributed by atoms with Gasteiger partial charge in [0.2, 0.25) is 5.91 Å². The van der Waals surface area contributed by atoms with Crippen LogP contribution in [0.4, 0.5) is 4.79 Å². The van der Waals surface area contributed by atoms with E-state index in [9.17, 15) is 19.8 Å². The first-order valence-electron chi connectivity index (χ1n) is 13.2. The Hall–Kier alpha value is -2.66. The lowest BCUT2D eigenvalue weighted by molar-refractivity contribution is -0.223. The van der Waals surface area contributed by atoms with Gasteiger partial charge in [-0.05, 0) is 64.2 Å². The number of hydrogen-bond acceptors (Lipinski definition) is 8. The van der Waals surface area contributed by atoms with Crippen molar-refractivity contribution in [2.24, 2.45) is 0 Å². The summed E-state index contributed by atoms with van der Waals surface area (Å²) in [6.07, 6.45) is 2.25. The van der Waals surface area contributed by atoms with Gasteiger partial charge in [0.15, 0.2) is 5.60 Å². The summed E-state index contributed by atoms with van der Waals surface area (Å²) in [5, 5.41) is 26.9. The van der Waals surface area contributed by atoms with Gasteiger partial charge in [0.25, 0.3) is 0 Å². The summed E-state index contributed by atoms with van der Waals surface area (Å²) in [7, 11) is 1.50. The van der Waals surface area contributed by atoms with Gasteiger partial charge in [0, 0.05) is 26.6 Å². The number of aryl methyl sites for hydroxylation is 1. The first kappa shape index (κ1) is 28.4. The minimum absolute atomic E-state index is 0.139. The summed E-state index contributed by atoms with van der Waals surface area (Å²) in [6.45, 7) is 6.76. The monoisotopic (exact) mass is 532 g/mol. The van der Waals surface area contributed by atoms with E-state index in [1.807, 2.05) is 20.8 Å². The Bertz CT molecular complexity index is 1040. The second-order valence-corrected chi connectivity index (χ2v) is 10.9. The third-order valence-electron chi connectivity index (χ3n) is 8.02. The summed E-state index contributed by atoms with van der Waals surface area (Å²) >= 11 is 0. The number of rotatable bonds is 11. The Kier molecular flexibility index (Phi) is 8.37. The summed E-state index contributed by atoms with van der Waals surface area (Å²) in [5.74, 6) is 0.0464. The van der Waals surface area contributed by atoms with Gasteiger partial charge in [-0.15, -0.1) is 0 Å². The average molecular weight is 533 g/mol. The van der Waals surface area contributed by atoms with Crippen molar-refractivity contribution in [2.45, 2.75) is 88.0 Å². The molecule has 3 aliphatic rings. The lowest BCUT2D eigenvalue weighted by Crippen LogP contribution is -2.70. The molecule has 1 aliphatic carbocycles. The van der Waals surface area contributed by atoms with E-state index in [1.54, 1.807) is 24.3 Å². The molecule has 4 rings (SSSR count). The first-order chi connectivity index (χ1) is 18.0. The molecule has 1 aromatic carbocycles.